The summed E-state index contributed by atoms with van der Waals surface area (Å²) in [5, 5.41) is 3.64. The largest absolute Gasteiger partial charge is 0.311 e. The molecule has 1 aliphatic rings. The van der Waals surface area contributed by atoms with Crippen molar-refractivity contribution in [2.45, 2.75) is 38.8 Å². The minimum Gasteiger partial charge on any atom is -0.311 e. The van der Waals surface area contributed by atoms with Gasteiger partial charge in [0.15, 0.2) is 0 Å². The van der Waals surface area contributed by atoms with E-state index >= 15 is 0 Å². The van der Waals surface area contributed by atoms with E-state index in [4.69, 9.17) is 0 Å². The van der Waals surface area contributed by atoms with Gasteiger partial charge in [0.05, 0.1) is 0 Å². The second-order valence-electron chi connectivity index (χ2n) is 4.94. The van der Waals surface area contributed by atoms with Crippen LogP contribution in [0.3, 0.4) is 0 Å². The van der Waals surface area contributed by atoms with Gasteiger partial charge >= 0.3 is 0 Å². The molecular formula is C12H27N3. The van der Waals surface area contributed by atoms with Crippen LogP contribution in [0, 0.1) is 0 Å². The van der Waals surface area contributed by atoms with Gasteiger partial charge in [-0.15, -0.1) is 0 Å². The molecule has 15 heavy (non-hydrogen) atoms. The molecule has 0 aromatic carbocycles. The van der Waals surface area contributed by atoms with Crippen molar-refractivity contribution < 1.29 is 0 Å². The molecule has 1 fully saturated rings. The lowest BCUT2D eigenvalue weighted by atomic mass is 10.2. The molecule has 2 unspecified atom stereocenters. The van der Waals surface area contributed by atoms with Gasteiger partial charge in [0.25, 0.3) is 0 Å². The fraction of sp³-hybridized carbons (Fsp3) is 1.00. The third-order valence-corrected chi connectivity index (χ3v) is 3.63. The van der Waals surface area contributed by atoms with Crippen molar-refractivity contribution in [3.8, 4) is 0 Å². The second kappa shape index (κ2) is 6.46. The van der Waals surface area contributed by atoms with E-state index in [1.165, 1.54) is 25.9 Å². The van der Waals surface area contributed by atoms with E-state index in [1.807, 2.05) is 0 Å². The third kappa shape index (κ3) is 4.49. The highest BCUT2D eigenvalue weighted by Crippen LogP contribution is 2.05. The fourth-order valence-electron chi connectivity index (χ4n) is 2.08. The molecule has 1 heterocycles. The number of likely N-dealkylation sites (N-methyl/N-ethyl adjacent to an activating group) is 2. The molecule has 1 N–H and O–H groups in total. The van der Waals surface area contributed by atoms with Crippen LogP contribution in [0.15, 0.2) is 0 Å². The van der Waals surface area contributed by atoms with Crippen molar-refractivity contribution in [1.29, 1.82) is 0 Å². The second-order valence-corrected chi connectivity index (χ2v) is 4.94. The lowest BCUT2D eigenvalue weighted by Crippen LogP contribution is -2.39. The van der Waals surface area contributed by atoms with Crippen molar-refractivity contribution >= 4 is 0 Å². The first-order valence-corrected chi connectivity index (χ1v) is 6.25. The Morgan fingerprint density at radius 2 is 2.27 bits per heavy atom. The summed E-state index contributed by atoms with van der Waals surface area (Å²) in [7, 11) is 4.42. The van der Waals surface area contributed by atoms with E-state index in [0.29, 0.717) is 6.04 Å². The SMILES string of the molecule is CCC(C)N(C)CCNC1CCN(C)C1. The normalized spacial score (nSPS) is 25.0. The van der Waals surface area contributed by atoms with Crippen molar-refractivity contribution in [3.05, 3.63) is 0 Å². The molecule has 1 aliphatic heterocycles. The quantitative estimate of drug-likeness (QED) is 0.710. The molecule has 0 spiro atoms. The Bertz CT molecular complexity index is 170. The van der Waals surface area contributed by atoms with Gasteiger partial charge in [0.2, 0.25) is 0 Å². The van der Waals surface area contributed by atoms with Gasteiger partial charge in [0, 0.05) is 31.7 Å². The minimum absolute atomic E-state index is 0.707. The number of nitrogens with zero attached hydrogens (tertiary/aromatic N) is 2. The standard InChI is InChI=1S/C12H27N3/c1-5-11(2)15(4)9-7-13-12-6-8-14(3)10-12/h11-13H,5-10H2,1-4H3. The molecule has 0 saturated carbocycles. The Labute approximate surface area is 94.8 Å². The fourth-order valence-corrected chi connectivity index (χ4v) is 2.08. The van der Waals surface area contributed by atoms with Crippen molar-refractivity contribution in [2.75, 3.05) is 40.3 Å². The van der Waals surface area contributed by atoms with E-state index in [-0.39, 0.29) is 0 Å². The minimum atomic E-state index is 0.707. The van der Waals surface area contributed by atoms with Crippen LogP contribution in [0.4, 0.5) is 0 Å². The van der Waals surface area contributed by atoms with Crippen LogP contribution in [0.5, 0.6) is 0 Å². The molecule has 3 heteroatoms. The van der Waals surface area contributed by atoms with Gasteiger partial charge < -0.3 is 15.1 Å². The molecular weight excluding hydrogens is 186 g/mol. The lowest BCUT2D eigenvalue weighted by molar-refractivity contribution is 0.248. The summed E-state index contributed by atoms with van der Waals surface area (Å²) >= 11 is 0. The van der Waals surface area contributed by atoms with Crippen molar-refractivity contribution in [3.63, 3.8) is 0 Å². The molecule has 90 valence electrons. The van der Waals surface area contributed by atoms with E-state index in [0.717, 1.165) is 19.1 Å². The van der Waals surface area contributed by atoms with Gasteiger partial charge in [-0.25, -0.2) is 0 Å². The van der Waals surface area contributed by atoms with Crippen LogP contribution in [0.2, 0.25) is 0 Å². The van der Waals surface area contributed by atoms with Gasteiger partial charge in [-0.3, -0.25) is 0 Å². The highest BCUT2D eigenvalue weighted by Gasteiger charge is 2.18. The summed E-state index contributed by atoms with van der Waals surface area (Å²) in [6.07, 6.45) is 2.55. The average Bonchev–Trinajstić information content (AvgIpc) is 2.63. The summed E-state index contributed by atoms with van der Waals surface area (Å²) in [5.74, 6) is 0. The first-order chi connectivity index (χ1) is 7.13. The zero-order valence-corrected chi connectivity index (χ0v) is 10.8. The molecule has 0 radical (unpaired) electrons. The molecule has 1 saturated heterocycles. The summed E-state index contributed by atoms with van der Waals surface area (Å²) in [6.45, 7) is 9.30. The Kier molecular flexibility index (Phi) is 5.58. The van der Waals surface area contributed by atoms with Crippen molar-refractivity contribution in [1.82, 2.24) is 15.1 Å². The van der Waals surface area contributed by atoms with E-state index < -0.39 is 0 Å². The first kappa shape index (κ1) is 12.9. The molecule has 0 aliphatic carbocycles. The molecule has 0 amide bonds. The number of hydrogen-bond donors (Lipinski definition) is 1. The van der Waals surface area contributed by atoms with Gasteiger partial charge in [-0.1, -0.05) is 6.92 Å². The van der Waals surface area contributed by atoms with Crippen molar-refractivity contribution in [2.24, 2.45) is 0 Å². The van der Waals surface area contributed by atoms with Crippen LogP contribution in [-0.4, -0.2) is 62.2 Å². The molecule has 1 rings (SSSR count). The number of rotatable bonds is 6. The maximum Gasteiger partial charge on any atom is 0.0207 e. The molecule has 2 atom stereocenters. The number of nitrogens with one attached hydrogen (secondary N) is 1. The summed E-state index contributed by atoms with van der Waals surface area (Å²) in [4.78, 5) is 4.84. The smallest absolute Gasteiger partial charge is 0.0207 e. The van der Waals surface area contributed by atoms with Crippen LogP contribution in [0.1, 0.15) is 26.7 Å². The Hall–Kier alpha value is -0.120. The Balaban J connectivity index is 2.06. The first-order valence-electron chi connectivity index (χ1n) is 6.25. The van der Waals surface area contributed by atoms with Crippen LogP contribution >= 0.6 is 0 Å². The van der Waals surface area contributed by atoms with Gasteiger partial charge in [-0.05, 0) is 40.4 Å². The van der Waals surface area contributed by atoms with Gasteiger partial charge in [0.1, 0.15) is 0 Å². The lowest BCUT2D eigenvalue weighted by Gasteiger charge is -2.24. The highest BCUT2D eigenvalue weighted by atomic mass is 15.2. The maximum atomic E-state index is 3.64. The van der Waals surface area contributed by atoms with E-state index in [1.54, 1.807) is 0 Å². The summed E-state index contributed by atoms with van der Waals surface area (Å²) < 4.78 is 0. The topological polar surface area (TPSA) is 18.5 Å². The van der Waals surface area contributed by atoms with Crippen LogP contribution < -0.4 is 5.32 Å². The zero-order chi connectivity index (χ0) is 11.3. The zero-order valence-electron chi connectivity index (χ0n) is 10.8. The summed E-state index contributed by atoms with van der Waals surface area (Å²) in [6, 6.07) is 1.43. The number of likely N-dealkylation sites (tertiary alicyclic amines) is 1. The summed E-state index contributed by atoms with van der Waals surface area (Å²) in [5.41, 5.74) is 0. The molecule has 0 aromatic rings. The Morgan fingerprint density at radius 3 is 2.80 bits per heavy atom. The van der Waals surface area contributed by atoms with E-state index in [2.05, 4.69) is 43.1 Å². The van der Waals surface area contributed by atoms with E-state index in [9.17, 15) is 0 Å². The molecule has 0 bridgehead atoms. The predicted molar refractivity (Wildman–Crippen MR) is 66.3 cm³/mol. The van der Waals surface area contributed by atoms with Crippen LogP contribution in [-0.2, 0) is 0 Å². The van der Waals surface area contributed by atoms with Crippen LogP contribution in [0.25, 0.3) is 0 Å². The predicted octanol–water partition coefficient (Wildman–Crippen LogP) is 1.01. The maximum absolute atomic E-state index is 3.64. The van der Waals surface area contributed by atoms with Gasteiger partial charge in [-0.2, -0.15) is 0 Å². The average molecular weight is 213 g/mol. The Morgan fingerprint density at radius 1 is 1.53 bits per heavy atom. The number of hydrogen-bond acceptors (Lipinski definition) is 3. The molecule has 3 nitrogen and oxygen atoms in total. The molecule has 0 aromatic heterocycles. The highest BCUT2D eigenvalue weighted by molar-refractivity contribution is 4.79. The monoisotopic (exact) mass is 213 g/mol. The third-order valence-electron chi connectivity index (χ3n) is 3.63.